The zero-order chi connectivity index (χ0) is 19.3. The lowest BCUT2D eigenvalue weighted by Gasteiger charge is -2.27. The van der Waals surface area contributed by atoms with Crippen molar-refractivity contribution < 1.29 is 18.7 Å². The van der Waals surface area contributed by atoms with Crippen LogP contribution in [0, 0.1) is 18.2 Å². The van der Waals surface area contributed by atoms with Crippen LogP contribution in [0.4, 0.5) is 4.39 Å². The molecule has 1 N–H and O–H groups in total. The number of aromatic nitrogens is 1. The van der Waals surface area contributed by atoms with Crippen molar-refractivity contribution >= 4 is 28.6 Å². The first kappa shape index (κ1) is 20.0. The molecule has 2 rings (SSSR count). The number of nitrogens with one attached hydrogen (secondary N) is 1. The maximum atomic E-state index is 14.4. The van der Waals surface area contributed by atoms with Crippen LogP contribution in [0.25, 0.3) is 10.9 Å². The number of hydrogen-bond donors (Lipinski definition) is 1. The Balaban J connectivity index is 2.25. The number of halogens is 1. The van der Waals surface area contributed by atoms with Crippen LogP contribution in [-0.2, 0) is 9.53 Å². The summed E-state index contributed by atoms with van der Waals surface area (Å²) in [5.74, 6) is 1.49. The third-order valence-corrected chi connectivity index (χ3v) is 4.27. The predicted octanol–water partition coefficient (Wildman–Crippen LogP) is 2.96. The number of terminal acetylenes is 1. The number of pyridine rings is 1. The van der Waals surface area contributed by atoms with E-state index in [-0.39, 0.29) is 11.7 Å². The van der Waals surface area contributed by atoms with Gasteiger partial charge in [-0.2, -0.15) is 0 Å². The van der Waals surface area contributed by atoms with Crippen molar-refractivity contribution in [3.63, 3.8) is 0 Å². The molecule has 0 saturated carbocycles. The van der Waals surface area contributed by atoms with Gasteiger partial charge in [0, 0.05) is 30.3 Å². The molecule has 0 fully saturated rings. The molecule has 1 heterocycles. The van der Waals surface area contributed by atoms with Crippen LogP contribution in [0.15, 0.2) is 24.4 Å². The largest absolute Gasteiger partial charge is 0.467 e. The van der Waals surface area contributed by atoms with Crippen molar-refractivity contribution in [2.24, 2.45) is 0 Å². The molecule has 0 aliphatic heterocycles. The second-order valence-corrected chi connectivity index (χ2v) is 7.23. The maximum Gasteiger partial charge on any atom is 0.272 e. The number of rotatable bonds is 7. The Morgan fingerprint density at radius 1 is 1.46 bits per heavy atom. The molecule has 138 valence electrons. The molecule has 2 aromatic rings. The first-order valence-electron chi connectivity index (χ1n) is 7.86. The number of methoxy groups -OCH3 is 1. The smallest absolute Gasteiger partial charge is 0.272 e. The van der Waals surface area contributed by atoms with Crippen molar-refractivity contribution in [2.45, 2.75) is 24.8 Å². The first-order valence-corrected chi connectivity index (χ1v) is 9.15. The van der Waals surface area contributed by atoms with Gasteiger partial charge in [0.2, 0.25) is 5.44 Å². The summed E-state index contributed by atoms with van der Waals surface area (Å²) in [6.45, 7) is 4.00. The van der Waals surface area contributed by atoms with Gasteiger partial charge in [0.1, 0.15) is 0 Å². The van der Waals surface area contributed by atoms with Crippen molar-refractivity contribution in [3.05, 3.63) is 35.8 Å². The van der Waals surface area contributed by atoms with Crippen molar-refractivity contribution in [3.8, 4) is 18.1 Å². The van der Waals surface area contributed by atoms with E-state index in [1.807, 2.05) is 13.8 Å². The molecule has 0 aliphatic rings. The average molecular weight is 376 g/mol. The molecule has 26 heavy (non-hydrogen) atoms. The van der Waals surface area contributed by atoms with Gasteiger partial charge in [0.15, 0.2) is 11.6 Å². The molecule has 0 bridgehead atoms. The summed E-state index contributed by atoms with van der Waals surface area (Å²) >= 11 is 1.16. The number of thioether (sulfide) groups is 1. The third kappa shape index (κ3) is 4.87. The summed E-state index contributed by atoms with van der Waals surface area (Å²) in [7, 11) is 1.55. The van der Waals surface area contributed by atoms with Crippen LogP contribution in [0.1, 0.15) is 19.4 Å². The van der Waals surface area contributed by atoms with E-state index in [1.165, 1.54) is 18.3 Å². The molecule has 0 aliphatic carbocycles. The molecule has 1 aromatic heterocycles. The molecule has 0 saturated heterocycles. The summed E-state index contributed by atoms with van der Waals surface area (Å²) < 4.78 is 25.1. The molecule has 1 amide bonds. The fourth-order valence-electron chi connectivity index (χ4n) is 2.41. The second kappa shape index (κ2) is 8.39. The first-order chi connectivity index (χ1) is 12.3. The number of fused-ring (bicyclic) bond motifs is 1. The van der Waals surface area contributed by atoms with E-state index < -0.39 is 16.8 Å². The molecular formula is C19H21FN2O3S. The maximum absolute atomic E-state index is 14.4. The Morgan fingerprint density at radius 3 is 2.81 bits per heavy atom. The van der Waals surface area contributed by atoms with Gasteiger partial charge in [-0.25, -0.2) is 4.39 Å². The van der Waals surface area contributed by atoms with Crippen molar-refractivity contribution in [1.29, 1.82) is 0 Å². The molecule has 1 aromatic carbocycles. The van der Waals surface area contributed by atoms with Crippen LogP contribution in [0.5, 0.6) is 5.75 Å². The van der Waals surface area contributed by atoms with Gasteiger partial charge in [-0.1, -0.05) is 5.92 Å². The Labute approximate surface area is 156 Å². The number of nitrogens with zero attached hydrogens (tertiary/aromatic N) is 1. The van der Waals surface area contributed by atoms with Gasteiger partial charge in [-0.15, -0.1) is 18.2 Å². The highest BCUT2D eigenvalue weighted by Gasteiger charge is 2.27. The summed E-state index contributed by atoms with van der Waals surface area (Å²) in [4.78, 5) is 16.6. The quantitative estimate of drug-likeness (QED) is 0.595. The summed E-state index contributed by atoms with van der Waals surface area (Å²) in [6, 6.07) is 4.47. The number of ether oxygens (including phenoxy) is 2. The van der Waals surface area contributed by atoms with Gasteiger partial charge in [0.05, 0.1) is 17.7 Å². The fraction of sp³-hybridized carbons (Fsp3) is 0.368. The number of carbonyl (C=O) groups excluding carboxylic acids is 1. The molecule has 0 spiro atoms. The highest BCUT2D eigenvalue weighted by atomic mass is 32.2. The molecule has 7 heteroatoms. The number of carbonyl (C=O) groups is 1. The van der Waals surface area contributed by atoms with E-state index in [1.54, 1.807) is 19.4 Å². The molecule has 5 nitrogen and oxygen atoms in total. The SMILES string of the molecule is C#Cc1cnc2cc(F)c(OC(SC)C(=O)NC(C)(C)COC)cc2c1. The topological polar surface area (TPSA) is 60.5 Å². The van der Waals surface area contributed by atoms with E-state index in [2.05, 4.69) is 16.2 Å². The zero-order valence-corrected chi connectivity index (χ0v) is 15.9. The van der Waals surface area contributed by atoms with Gasteiger partial charge >= 0.3 is 0 Å². The predicted molar refractivity (Wildman–Crippen MR) is 102 cm³/mol. The van der Waals surface area contributed by atoms with Crippen molar-refractivity contribution in [1.82, 2.24) is 10.3 Å². The van der Waals surface area contributed by atoms with E-state index in [0.717, 1.165) is 11.8 Å². The summed E-state index contributed by atoms with van der Waals surface area (Å²) in [5, 5.41) is 3.47. The molecule has 1 atom stereocenters. The monoisotopic (exact) mass is 376 g/mol. The van der Waals surface area contributed by atoms with Crippen LogP contribution < -0.4 is 10.1 Å². The van der Waals surface area contributed by atoms with Crippen LogP contribution in [0.2, 0.25) is 0 Å². The molecular weight excluding hydrogens is 355 g/mol. The van der Waals surface area contributed by atoms with Crippen LogP contribution in [0.3, 0.4) is 0 Å². The van der Waals surface area contributed by atoms with Gasteiger partial charge < -0.3 is 14.8 Å². The van der Waals surface area contributed by atoms with E-state index in [9.17, 15) is 9.18 Å². The normalized spacial score (nSPS) is 12.5. The van der Waals surface area contributed by atoms with E-state index in [0.29, 0.717) is 23.1 Å². The van der Waals surface area contributed by atoms with Gasteiger partial charge in [-0.3, -0.25) is 9.78 Å². The Hall–Kier alpha value is -2.30. The Morgan fingerprint density at radius 2 is 2.19 bits per heavy atom. The molecule has 0 radical (unpaired) electrons. The van der Waals surface area contributed by atoms with Gasteiger partial charge in [0.25, 0.3) is 5.91 Å². The Bertz CT molecular complexity index is 849. The zero-order valence-electron chi connectivity index (χ0n) is 15.1. The lowest BCUT2D eigenvalue weighted by Crippen LogP contribution is -2.51. The number of benzene rings is 1. The van der Waals surface area contributed by atoms with Crippen LogP contribution >= 0.6 is 11.8 Å². The highest BCUT2D eigenvalue weighted by molar-refractivity contribution is 7.99. The minimum Gasteiger partial charge on any atom is -0.467 e. The average Bonchev–Trinajstić information content (AvgIpc) is 2.58. The van der Waals surface area contributed by atoms with E-state index in [4.69, 9.17) is 15.9 Å². The van der Waals surface area contributed by atoms with Crippen molar-refractivity contribution in [2.75, 3.05) is 20.0 Å². The van der Waals surface area contributed by atoms with E-state index >= 15 is 0 Å². The van der Waals surface area contributed by atoms with Gasteiger partial charge in [-0.05, 0) is 32.2 Å². The lowest BCUT2D eigenvalue weighted by atomic mass is 10.1. The number of amides is 1. The van der Waals surface area contributed by atoms with Crippen LogP contribution in [-0.4, -0.2) is 41.8 Å². The standard InChI is InChI=1S/C19H21FN2O3S/c1-6-12-7-13-8-16(14(20)9-15(13)21-10-12)25-18(26-5)17(23)22-19(2,3)11-24-4/h1,7-10,18H,11H2,2-5H3,(H,22,23). The summed E-state index contributed by atoms with van der Waals surface area (Å²) in [6.07, 6.45) is 8.58. The third-order valence-electron chi connectivity index (χ3n) is 3.53. The fourth-order valence-corrected chi connectivity index (χ4v) is 2.89. The minimum atomic E-state index is -0.915. The minimum absolute atomic E-state index is 0.0347. The summed E-state index contributed by atoms with van der Waals surface area (Å²) in [5.41, 5.74) is -0.450. The Kier molecular flexibility index (Phi) is 6.46. The highest BCUT2D eigenvalue weighted by Crippen LogP contribution is 2.27. The lowest BCUT2D eigenvalue weighted by molar-refractivity contribution is -0.126. The number of hydrogen-bond acceptors (Lipinski definition) is 5. The molecule has 1 unspecified atom stereocenters. The second-order valence-electron chi connectivity index (χ2n) is 6.34.